The Morgan fingerprint density at radius 2 is 2.20 bits per heavy atom. The molecule has 5 nitrogen and oxygen atoms in total. The van der Waals surface area contributed by atoms with Crippen LogP contribution in [0.5, 0.6) is 0 Å². The molecule has 0 radical (unpaired) electrons. The van der Waals surface area contributed by atoms with E-state index in [1.165, 1.54) is 0 Å². The van der Waals surface area contributed by atoms with E-state index in [1.54, 1.807) is 16.2 Å². The summed E-state index contributed by atoms with van der Waals surface area (Å²) in [5, 5.41) is 6.30. The fraction of sp³-hybridized carbons (Fsp3) is 0.500. The highest BCUT2D eigenvalue weighted by Gasteiger charge is 2.44. The van der Waals surface area contributed by atoms with Gasteiger partial charge in [-0.3, -0.25) is 19.7 Å². The number of imide groups is 1. The van der Waals surface area contributed by atoms with Gasteiger partial charge < -0.3 is 4.90 Å². The average Bonchev–Trinajstić information content (AvgIpc) is 2.98. The van der Waals surface area contributed by atoms with E-state index in [0.29, 0.717) is 12.8 Å². The Morgan fingerprint density at radius 3 is 2.75 bits per heavy atom. The van der Waals surface area contributed by atoms with Crippen LogP contribution in [0.3, 0.4) is 0 Å². The number of thiophene rings is 1. The predicted octanol–water partition coefficient (Wildman–Crippen LogP) is 1.09. The second-order valence-corrected chi connectivity index (χ2v) is 6.08. The lowest BCUT2D eigenvalue weighted by Gasteiger charge is -2.26. The fourth-order valence-electron chi connectivity index (χ4n) is 2.56. The molecule has 1 N–H and O–H groups in total. The van der Waals surface area contributed by atoms with E-state index in [1.807, 2.05) is 16.8 Å². The molecule has 1 aliphatic carbocycles. The molecule has 0 spiro atoms. The van der Waals surface area contributed by atoms with Crippen LogP contribution in [0.4, 0.5) is 0 Å². The van der Waals surface area contributed by atoms with Gasteiger partial charge in [-0.2, -0.15) is 11.3 Å². The third kappa shape index (κ3) is 2.75. The third-order valence-electron chi connectivity index (χ3n) is 3.72. The predicted molar refractivity (Wildman–Crippen MR) is 74.1 cm³/mol. The number of carbonyl (C=O) groups excluding carboxylic acids is 3. The van der Waals surface area contributed by atoms with E-state index < -0.39 is 6.04 Å². The summed E-state index contributed by atoms with van der Waals surface area (Å²) in [6.45, 7) is 0. The van der Waals surface area contributed by atoms with Crippen LogP contribution >= 0.6 is 11.3 Å². The molecule has 1 aromatic heterocycles. The summed E-state index contributed by atoms with van der Waals surface area (Å²) >= 11 is 1.61. The topological polar surface area (TPSA) is 66.5 Å². The van der Waals surface area contributed by atoms with Crippen molar-refractivity contribution in [2.45, 2.75) is 44.2 Å². The van der Waals surface area contributed by atoms with Crippen LogP contribution in [-0.2, 0) is 20.8 Å². The van der Waals surface area contributed by atoms with Crippen LogP contribution in [0.2, 0.25) is 0 Å². The zero-order chi connectivity index (χ0) is 14.1. The maximum atomic E-state index is 12.4. The Morgan fingerprint density at radius 1 is 1.40 bits per heavy atom. The van der Waals surface area contributed by atoms with E-state index in [9.17, 15) is 14.4 Å². The summed E-state index contributed by atoms with van der Waals surface area (Å²) in [4.78, 5) is 37.1. The molecule has 2 aliphatic rings. The van der Waals surface area contributed by atoms with Crippen molar-refractivity contribution >= 4 is 29.1 Å². The van der Waals surface area contributed by atoms with Crippen LogP contribution < -0.4 is 5.32 Å². The molecule has 1 atom stereocenters. The van der Waals surface area contributed by atoms with Crippen LogP contribution in [0.1, 0.15) is 31.2 Å². The number of aryl methyl sites for hydroxylation is 1. The van der Waals surface area contributed by atoms with Crippen LogP contribution in [0.25, 0.3) is 0 Å². The molecule has 2 fully saturated rings. The lowest BCUT2D eigenvalue weighted by atomic mass is 10.1. The first-order valence-electron chi connectivity index (χ1n) is 6.81. The highest BCUT2D eigenvalue weighted by Crippen LogP contribution is 2.31. The molecule has 1 saturated carbocycles. The monoisotopic (exact) mass is 292 g/mol. The van der Waals surface area contributed by atoms with Gasteiger partial charge in [0.1, 0.15) is 6.04 Å². The van der Waals surface area contributed by atoms with Gasteiger partial charge in [-0.1, -0.05) is 0 Å². The van der Waals surface area contributed by atoms with Gasteiger partial charge in [-0.15, -0.1) is 0 Å². The van der Waals surface area contributed by atoms with Crippen molar-refractivity contribution in [1.82, 2.24) is 10.2 Å². The first-order valence-corrected chi connectivity index (χ1v) is 7.75. The van der Waals surface area contributed by atoms with Gasteiger partial charge in [0, 0.05) is 12.5 Å². The Labute approximate surface area is 121 Å². The van der Waals surface area contributed by atoms with Gasteiger partial charge in [0.25, 0.3) is 0 Å². The number of nitrogens with one attached hydrogen (secondary N) is 1. The Hall–Kier alpha value is -1.69. The minimum Gasteiger partial charge on any atom is -0.327 e. The molecule has 1 aliphatic heterocycles. The summed E-state index contributed by atoms with van der Waals surface area (Å²) in [6, 6.07) is 1.56. The molecule has 106 valence electrons. The van der Waals surface area contributed by atoms with Gasteiger partial charge in [0.2, 0.25) is 17.7 Å². The highest BCUT2D eigenvalue weighted by atomic mass is 32.1. The normalized spacial score (nSPS) is 21.9. The van der Waals surface area contributed by atoms with Gasteiger partial charge in [-0.05, 0) is 41.7 Å². The fourth-order valence-corrected chi connectivity index (χ4v) is 3.27. The lowest BCUT2D eigenvalue weighted by molar-refractivity contribution is -0.139. The zero-order valence-corrected chi connectivity index (χ0v) is 11.8. The smallest absolute Gasteiger partial charge is 0.249 e. The second-order valence-electron chi connectivity index (χ2n) is 5.30. The van der Waals surface area contributed by atoms with Crippen molar-refractivity contribution in [2.75, 3.05) is 0 Å². The summed E-state index contributed by atoms with van der Waals surface area (Å²) in [7, 11) is 0. The molecular weight excluding hydrogens is 276 g/mol. The molecule has 0 bridgehead atoms. The maximum absolute atomic E-state index is 12.4. The molecule has 20 heavy (non-hydrogen) atoms. The first-order chi connectivity index (χ1) is 9.65. The molecule has 0 aromatic carbocycles. The van der Waals surface area contributed by atoms with Gasteiger partial charge in [0.15, 0.2) is 0 Å². The SMILES string of the molecule is O=C1C[C@H](N(C(=O)CCc2ccsc2)C2CC2)C(=O)N1. The molecule has 1 aromatic rings. The lowest BCUT2D eigenvalue weighted by Crippen LogP contribution is -2.46. The van der Waals surface area contributed by atoms with Crippen LogP contribution in [0, 0.1) is 0 Å². The van der Waals surface area contributed by atoms with Crippen molar-refractivity contribution in [1.29, 1.82) is 0 Å². The number of hydrogen-bond acceptors (Lipinski definition) is 4. The maximum Gasteiger partial charge on any atom is 0.249 e. The van der Waals surface area contributed by atoms with Gasteiger partial charge in [-0.25, -0.2) is 0 Å². The Bertz CT molecular complexity index is 537. The van der Waals surface area contributed by atoms with Gasteiger partial charge in [0.05, 0.1) is 6.42 Å². The summed E-state index contributed by atoms with van der Waals surface area (Å²) in [6.07, 6.45) is 3.06. The average molecular weight is 292 g/mol. The van der Waals surface area contributed by atoms with Crippen molar-refractivity contribution < 1.29 is 14.4 Å². The first kappa shape index (κ1) is 13.3. The van der Waals surface area contributed by atoms with E-state index in [-0.39, 0.29) is 30.2 Å². The molecule has 2 heterocycles. The number of nitrogens with zero attached hydrogens (tertiary/aromatic N) is 1. The molecule has 3 rings (SSSR count). The van der Waals surface area contributed by atoms with Crippen molar-refractivity contribution in [3.05, 3.63) is 22.4 Å². The minimum absolute atomic E-state index is 0.0199. The Kier molecular flexibility index (Phi) is 3.56. The Balaban J connectivity index is 1.66. The molecule has 6 heteroatoms. The van der Waals surface area contributed by atoms with Crippen LogP contribution in [-0.4, -0.2) is 34.7 Å². The van der Waals surface area contributed by atoms with Crippen molar-refractivity contribution in [3.63, 3.8) is 0 Å². The van der Waals surface area contributed by atoms with Crippen molar-refractivity contribution in [3.8, 4) is 0 Å². The highest BCUT2D eigenvalue weighted by molar-refractivity contribution is 7.07. The van der Waals surface area contributed by atoms with Gasteiger partial charge >= 0.3 is 0 Å². The summed E-state index contributed by atoms with van der Waals surface area (Å²) in [5.41, 5.74) is 1.14. The van der Waals surface area contributed by atoms with E-state index in [2.05, 4.69) is 5.32 Å². The minimum atomic E-state index is -0.593. The largest absolute Gasteiger partial charge is 0.327 e. The van der Waals surface area contributed by atoms with Crippen molar-refractivity contribution in [2.24, 2.45) is 0 Å². The van der Waals surface area contributed by atoms with E-state index in [4.69, 9.17) is 0 Å². The summed E-state index contributed by atoms with van der Waals surface area (Å²) in [5.74, 6) is -0.629. The van der Waals surface area contributed by atoms with E-state index >= 15 is 0 Å². The quantitative estimate of drug-likeness (QED) is 0.826. The number of carbonyl (C=O) groups is 3. The molecule has 0 unspecified atom stereocenters. The summed E-state index contributed by atoms with van der Waals surface area (Å²) < 4.78 is 0. The van der Waals surface area contributed by atoms with E-state index in [0.717, 1.165) is 18.4 Å². The third-order valence-corrected chi connectivity index (χ3v) is 4.45. The second kappa shape index (κ2) is 5.36. The van der Waals surface area contributed by atoms with Crippen LogP contribution in [0.15, 0.2) is 16.8 Å². The standard InChI is InChI=1S/C14H16N2O3S/c17-12-7-11(14(19)15-12)16(10-2-3-10)13(18)4-1-9-5-6-20-8-9/h5-6,8,10-11H,1-4,7H2,(H,15,17,19)/t11-/m0/s1. The number of rotatable bonds is 5. The number of hydrogen-bond donors (Lipinski definition) is 1. The molecular formula is C14H16N2O3S. The zero-order valence-electron chi connectivity index (χ0n) is 11.0. The molecule has 1 saturated heterocycles. The number of amides is 3. The molecule has 3 amide bonds.